The van der Waals surface area contributed by atoms with E-state index in [0.717, 1.165) is 30.5 Å². The van der Waals surface area contributed by atoms with Crippen molar-refractivity contribution in [3.05, 3.63) is 17.5 Å². The van der Waals surface area contributed by atoms with Gasteiger partial charge in [-0.3, -0.25) is 9.48 Å². The zero-order chi connectivity index (χ0) is 13.3. The standard InChI is InChI=1S/C13H22N4O/c1-8(12-7-17(3)16-9(12)2)15-13(18)10-4-5-11(14)6-10/h7-8,10-11H,4-6,14H2,1-3H3,(H,15,18). The maximum absolute atomic E-state index is 12.1. The lowest BCUT2D eigenvalue weighted by molar-refractivity contribution is -0.125. The van der Waals surface area contributed by atoms with Gasteiger partial charge in [0.25, 0.3) is 0 Å². The number of nitrogens with two attached hydrogens (primary N) is 1. The Morgan fingerprint density at radius 3 is 2.83 bits per heavy atom. The summed E-state index contributed by atoms with van der Waals surface area (Å²) in [6.07, 6.45) is 4.63. The Hall–Kier alpha value is -1.36. The maximum Gasteiger partial charge on any atom is 0.223 e. The van der Waals surface area contributed by atoms with Gasteiger partial charge in [0.15, 0.2) is 0 Å². The van der Waals surface area contributed by atoms with Gasteiger partial charge in [-0.05, 0) is 33.1 Å². The van der Waals surface area contributed by atoms with Crippen molar-refractivity contribution in [1.82, 2.24) is 15.1 Å². The molecular formula is C13H22N4O. The van der Waals surface area contributed by atoms with Crippen LogP contribution in [0.2, 0.25) is 0 Å². The van der Waals surface area contributed by atoms with Gasteiger partial charge in [0, 0.05) is 30.8 Å². The molecule has 3 N–H and O–H groups in total. The summed E-state index contributed by atoms with van der Waals surface area (Å²) >= 11 is 0. The summed E-state index contributed by atoms with van der Waals surface area (Å²) in [4.78, 5) is 12.1. The molecule has 0 radical (unpaired) electrons. The van der Waals surface area contributed by atoms with Crippen LogP contribution < -0.4 is 11.1 Å². The summed E-state index contributed by atoms with van der Waals surface area (Å²) in [5, 5.41) is 7.36. The molecule has 5 nitrogen and oxygen atoms in total. The zero-order valence-electron chi connectivity index (χ0n) is 11.3. The summed E-state index contributed by atoms with van der Waals surface area (Å²) in [6.45, 7) is 3.96. The molecule has 1 aliphatic rings. The van der Waals surface area contributed by atoms with Crippen molar-refractivity contribution in [1.29, 1.82) is 0 Å². The Bertz CT molecular complexity index is 440. The van der Waals surface area contributed by atoms with Gasteiger partial charge in [-0.1, -0.05) is 0 Å². The van der Waals surface area contributed by atoms with E-state index >= 15 is 0 Å². The third-order valence-electron chi connectivity index (χ3n) is 3.72. The fraction of sp³-hybridized carbons (Fsp3) is 0.692. The lowest BCUT2D eigenvalue weighted by Gasteiger charge is -2.16. The van der Waals surface area contributed by atoms with Gasteiger partial charge >= 0.3 is 0 Å². The molecule has 100 valence electrons. The number of hydrogen-bond donors (Lipinski definition) is 2. The molecule has 1 fully saturated rings. The van der Waals surface area contributed by atoms with Crippen LogP contribution in [0.15, 0.2) is 6.20 Å². The van der Waals surface area contributed by atoms with Crippen LogP contribution in [0.1, 0.15) is 43.5 Å². The van der Waals surface area contributed by atoms with Crippen molar-refractivity contribution >= 4 is 5.91 Å². The highest BCUT2D eigenvalue weighted by molar-refractivity contribution is 5.79. The van der Waals surface area contributed by atoms with Gasteiger partial charge in [0.05, 0.1) is 11.7 Å². The molecule has 0 aliphatic heterocycles. The Labute approximate surface area is 108 Å². The van der Waals surface area contributed by atoms with Crippen molar-refractivity contribution in [3.8, 4) is 0 Å². The normalized spacial score (nSPS) is 25.1. The van der Waals surface area contributed by atoms with E-state index in [1.54, 1.807) is 4.68 Å². The van der Waals surface area contributed by atoms with Gasteiger partial charge in [0.1, 0.15) is 0 Å². The minimum Gasteiger partial charge on any atom is -0.349 e. The Morgan fingerprint density at radius 1 is 1.61 bits per heavy atom. The summed E-state index contributed by atoms with van der Waals surface area (Å²) in [7, 11) is 1.89. The van der Waals surface area contributed by atoms with E-state index in [9.17, 15) is 4.79 Å². The predicted molar refractivity (Wildman–Crippen MR) is 69.8 cm³/mol. The molecule has 0 bridgehead atoms. The highest BCUT2D eigenvalue weighted by Crippen LogP contribution is 2.25. The van der Waals surface area contributed by atoms with Crippen molar-refractivity contribution < 1.29 is 4.79 Å². The van der Waals surface area contributed by atoms with Crippen LogP contribution in [0.5, 0.6) is 0 Å². The van der Waals surface area contributed by atoms with Crippen LogP contribution in [0.25, 0.3) is 0 Å². The first-order valence-corrected chi connectivity index (χ1v) is 6.53. The van der Waals surface area contributed by atoms with Gasteiger partial charge in [-0.25, -0.2) is 0 Å². The first-order valence-electron chi connectivity index (χ1n) is 6.53. The molecule has 3 atom stereocenters. The smallest absolute Gasteiger partial charge is 0.223 e. The average Bonchev–Trinajstić information content (AvgIpc) is 2.84. The topological polar surface area (TPSA) is 72.9 Å². The number of carbonyl (C=O) groups excluding carboxylic acids is 1. The van der Waals surface area contributed by atoms with E-state index in [2.05, 4.69) is 10.4 Å². The third kappa shape index (κ3) is 2.72. The van der Waals surface area contributed by atoms with Crippen LogP contribution in [-0.2, 0) is 11.8 Å². The molecule has 2 rings (SSSR count). The number of aromatic nitrogens is 2. The molecule has 1 saturated carbocycles. The molecule has 0 aromatic carbocycles. The largest absolute Gasteiger partial charge is 0.349 e. The molecule has 0 saturated heterocycles. The molecule has 0 spiro atoms. The first-order chi connectivity index (χ1) is 8.47. The molecule has 1 aliphatic carbocycles. The molecule has 5 heteroatoms. The molecule has 3 unspecified atom stereocenters. The van der Waals surface area contributed by atoms with E-state index in [-0.39, 0.29) is 23.9 Å². The number of aryl methyl sites for hydroxylation is 2. The molecule has 1 heterocycles. The van der Waals surface area contributed by atoms with E-state index in [4.69, 9.17) is 5.73 Å². The number of carbonyl (C=O) groups is 1. The maximum atomic E-state index is 12.1. The van der Waals surface area contributed by atoms with Crippen LogP contribution in [0.3, 0.4) is 0 Å². The Balaban J connectivity index is 1.97. The quantitative estimate of drug-likeness (QED) is 0.841. The van der Waals surface area contributed by atoms with E-state index in [0.29, 0.717) is 0 Å². The van der Waals surface area contributed by atoms with Crippen molar-refractivity contribution in [2.45, 2.75) is 45.2 Å². The summed E-state index contributed by atoms with van der Waals surface area (Å²) in [6, 6.07) is 0.194. The molecular weight excluding hydrogens is 228 g/mol. The van der Waals surface area contributed by atoms with Crippen molar-refractivity contribution in [3.63, 3.8) is 0 Å². The van der Waals surface area contributed by atoms with E-state index in [1.165, 1.54) is 0 Å². The van der Waals surface area contributed by atoms with Gasteiger partial charge < -0.3 is 11.1 Å². The van der Waals surface area contributed by atoms with Crippen molar-refractivity contribution in [2.75, 3.05) is 0 Å². The highest BCUT2D eigenvalue weighted by Gasteiger charge is 2.28. The van der Waals surface area contributed by atoms with Crippen molar-refractivity contribution in [2.24, 2.45) is 18.7 Å². The lowest BCUT2D eigenvalue weighted by atomic mass is 10.0. The summed E-state index contributed by atoms with van der Waals surface area (Å²) in [5.41, 5.74) is 7.88. The SMILES string of the molecule is Cc1nn(C)cc1C(C)NC(=O)C1CCC(N)C1. The van der Waals surface area contributed by atoms with Crippen LogP contribution >= 0.6 is 0 Å². The number of amides is 1. The lowest BCUT2D eigenvalue weighted by Crippen LogP contribution is -2.32. The molecule has 1 aromatic rings. The summed E-state index contributed by atoms with van der Waals surface area (Å²) < 4.78 is 1.78. The van der Waals surface area contributed by atoms with E-state index in [1.807, 2.05) is 27.1 Å². The second-order valence-electron chi connectivity index (χ2n) is 5.34. The number of nitrogens with zero attached hydrogens (tertiary/aromatic N) is 2. The number of rotatable bonds is 3. The zero-order valence-corrected chi connectivity index (χ0v) is 11.3. The predicted octanol–water partition coefficient (Wildman–Crippen LogP) is 1.03. The third-order valence-corrected chi connectivity index (χ3v) is 3.72. The number of nitrogens with one attached hydrogen (secondary N) is 1. The fourth-order valence-corrected chi connectivity index (χ4v) is 2.71. The monoisotopic (exact) mass is 250 g/mol. The van der Waals surface area contributed by atoms with Gasteiger partial charge in [-0.15, -0.1) is 0 Å². The van der Waals surface area contributed by atoms with Crippen LogP contribution in [0.4, 0.5) is 0 Å². The van der Waals surface area contributed by atoms with Gasteiger partial charge in [-0.2, -0.15) is 5.10 Å². The highest BCUT2D eigenvalue weighted by atomic mass is 16.1. The summed E-state index contributed by atoms with van der Waals surface area (Å²) in [5.74, 6) is 0.207. The van der Waals surface area contributed by atoms with Crippen LogP contribution in [0, 0.1) is 12.8 Å². The molecule has 1 aromatic heterocycles. The minimum absolute atomic E-state index is 0.00280. The molecule has 18 heavy (non-hydrogen) atoms. The minimum atomic E-state index is 0.00280. The molecule has 1 amide bonds. The Kier molecular flexibility index (Phi) is 3.71. The fourth-order valence-electron chi connectivity index (χ4n) is 2.71. The van der Waals surface area contributed by atoms with Gasteiger partial charge in [0.2, 0.25) is 5.91 Å². The van der Waals surface area contributed by atoms with Crippen LogP contribution in [-0.4, -0.2) is 21.7 Å². The number of hydrogen-bond acceptors (Lipinski definition) is 3. The van der Waals surface area contributed by atoms with E-state index < -0.39 is 0 Å². The Morgan fingerprint density at radius 2 is 2.33 bits per heavy atom. The second kappa shape index (κ2) is 5.10. The first kappa shape index (κ1) is 13.1. The second-order valence-corrected chi connectivity index (χ2v) is 5.34. The average molecular weight is 250 g/mol.